The van der Waals surface area contributed by atoms with Crippen LogP contribution in [-0.2, 0) is 17.8 Å². The lowest BCUT2D eigenvalue weighted by Crippen LogP contribution is -2.03. The zero-order valence-electron chi connectivity index (χ0n) is 16.9. The summed E-state index contributed by atoms with van der Waals surface area (Å²) in [7, 11) is 0. The molecule has 0 fully saturated rings. The quantitative estimate of drug-likeness (QED) is 0.420. The van der Waals surface area contributed by atoms with Crippen LogP contribution < -0.4 is 4.74 Å². The van der Waals surface area contributed by atoms with E-state index in [1.54, 1.807) is 0 Å². The number of hydrogen-bond donors (Lipinski definition) is 1. The molecule has 4 rings (SSSR count). The number of rotatable bonds is 9. The van der Waals surface area contributed by atoms with E-state index in [0.717, 1.165) is 33.7 Å². The van der Waals surface area contributed by atoms with Gasteiger partial charge in [-0.3, -0.25) is 4.79 Å². The van der Waals surface area contributed by atoms with Gasteiger partial charge in [0.25, 0.3) is 0 Å². The van der Waals surface area contributed by atoms with Crippen molar-refractivity contribution in [3.8, 4) is 17.2 Å². The van der Waals surface area contributed by atoms with E-state index in [9.17, 15) is 4.79 Å². The zero-order chi connectivity index (χ0) is 20.9. The molecule has 0 bridgehead atoms. The summed E-state index contributed by atoms with van der Waals surface area (Å²) in [4.78, 5) is 15.4. The van der Waals surface area contributed by atoms with Crippen LogP contribution in [0.3, 0.4) is 0 Å². The van der Waals surface area contributed by atoms with Crippen LogP contribution in [0.25, 0.3) is 22.4 Å². The van der Waals surface area contributed by atoms with Gasteiger partial charge in [0.15, 0.2) is 0 Å². The fraction of sp³-hybridized carbons (Fsp3) is 0.250. The van der Waals surface area contributed by atoms with Gasteiger partial charge in [-0.2, -0.15) is 0 Å². The van der Waals surface area contributed by atoms with Crippen molar-refractivity contribution in [2.75, 3.05) is 6.61 Å². The maximum absolute atomic E-state index is 10.7. The number of oxazole rings is 1. The van der Waals surface area contributed by atoms with Crippen LogP contribution in [-0.4, -0.2) is 27.2 Å². The smallest absolute Gasteiger partial charge is 0.303 e. The van der Waals surface area contributed by atoms with E-state index in [1.807, 2.05) is 67.7 Å². The average Bonchev–Trinajstić information content (AvgIpc) is 3.33. The Bertz CT molecular complexity index is 1140. The molecule has 0 saturated heterocycles. The maximum atomic E-state index is 10.7. The fourth-order valence-electron chi connectivity index (χ4n) is 3.54. The van der Waals surface area contributed by atoms with Gasteiger partial charge in [0.05, 0.1) is 17.8 Å². The summed E-state index contributed by atoms with van der Waals surface area (Å²) in [5.74, 6) is 1.48. The van der Waals surface area contributed by atoms with Gasteiger partial charge in [-0.05, 0) is 43.7 Å². The van der Waals surface area contributed by atoms with E-state index in [4.69, 9.17) is 14.3 Å². The topological polar surface area (TPSA) is 77.5 Å². The number of fused-ring (bicyclic) bond motifs is 1. The number of aliphatic carboxylic acids is 1. The third-order valence-corrected chi connectivity index (χ3v) is 5.07. The van der Waals surface area contributed by atoms with Crippen LogP contribution in [0.4, 0.5) is 0 Å². The number of aromatic nitrogens is 2. The molecule has 0 saturated carbocycles. The van der Waals surface area contributed by atoms with Crippen LogP contribution in [0.2, 0.25) is 0 Å². The number of nitrogens with zero attached hydrogens (tertiary/aromatic N) is 2. The molecule has 2 aromatic carbocycles. The Kier molecular flexibility index (Phi) is 5.84. The Morgan fingerprint density at radius 3 is 2.77 bits per heavy atom. The molecule has 0 amide bonds. The van der Waals surface area contributed by atoms with Crippen LogP contribution >= 0.6 is 0 Å². The molecule has 154 valence electrons. The minimum Gasteiger partial charge on any atom is -0.492 e. The van der Waals surface area contributed by atoms with E-state index in [-0.39, 0.29) is 6.42 Å². The number of carboxylic acid groups (broad SMARTS) is 1. The van der Waals surface area contributed by atoms with Gasteiger partial charge < -0.3 is 18.8 Å². The Hall–Kier alpha value is -3.54. The van der Waals surface area contributed by atoms with Gasteiger partial charge >= 0.3 is 5.97 Å². The van der Waals surface area contributed by atoms with Gasteiger partial charge in [-0.15, -0.1) is 0 Å². The van der Waals surface area contributed by atoms with Gasteiger partial charge in [0.1, 0.15) is 11.5 Å². The molecule has 1 N–H and O–H groups in total. The first-order chi connectivity index (χ1) is 14.6. The third kappa shape index (κ3) is 4.38. The fourth-order valence-corrected chi connectivity index (χ4v) is 3.54. The van der Waals surface area contributed by atoms with Gasteiger partial charge in [-0.1, -0.05) is 24.3 Å². The van der Waals surface area contributed by atoms with Crippen molar-refractivity contribution in [1.82, 2.24) is 9.55 Å². The SMILES string of the molecule is Cc1oc(-c2ccccc2)nc1CCOc1cccc2c1ccn2CCCC(=O)O. The first kappa shape index (κ1) is 19.8. The normalized spacial score (nSPS) is 11.1. The zero-order valence-corrected chi connectivity index (χ0v) is 16.9. The Balaban J connectivity index is 1.41. The predicted octanol–water partition coefficient (Wildman–Crippen LogP) is 5.09. The summed E-state index contributed by atoms with van der Waals surface area (Å²) >= 11 is 0. The Morgan fingerprint density at radius 2 is 1.97 bits per heavy atom. The molecule has 0 aliphatic carbocycles. The summed E-state index contributed by atoms with van der Waals surface area (Å²) in [6, 6.07) is 17.8. The van der Waals surface area contributed by atoms with Crippen LogP contribution in [0.1, 0.15) is 24.3 Å². The molecule has 4 aromatic rings. The van der Waals surface area contributed by atoms with Crippen molar-refractivity contribution in [3.05, 3.63) is 72.2 Å². The highest BCUT2D eigenvalue weighted by molar-refractivity contribution is 5.86. The molecular weight excluding hydrogens is 380 g/mol. The van der Waals surface area contributed by atoms with Crippen molar-refractivity contribution in [2.24, 2.45) is 0 Å². The molecule has 0 aliphatic heterocycles. The molecular formula is C24H24N2O4. The highest BCUT2D eigenvalue weighted by atomic mass is 16.5. The predicted molar refractivity (Wildman–Crippen MR) is 115 cm³/mol. The molecule has 0 unspecified atom stereocenters. The summed E-state index contributed by atoms with van der Waals surface area (Å²) in [6.45, 7) is 3.08. The van der Waals surface area contributed by atoms with Crippen LogP contribution in [0.5, 0.6) is 5.75 Å². The first-order valence-electron chi connectivity index (χ1n) is 10.1. The average molecular weight is 404 g/mol. The summed E-state index contributed by atoms with van der Waals surface area (Å²) in [5, 5.41) is 9.86. The van der Waals surface area contributed by atoms with Crippen molar-refractivity contribution in [3.63, 3.8) is 0 Å². The molecule has 0 atom stereocenters. The minimum atomic E-state index is -0.769. The van der Waals surface area contributed by atoms with Gasteiger partial charge in [0.2, 0.25) is 5.89 Å². The molecule has 6 heteroatoms. The Morgan fingerprint density at radius 1 is 1.13 bits per heavy atom. The number of carboxylic acids is 1. The molecule has 2 aromatic heterocycles. The number of hydrogen-bond acceptors (Lipinski definition) is 4. The van der Waals surface area contributed by atoms with E-state index in [2.05, 4.69) is 9.55 Å². The van der Waals surface area contributed by atoms with Crippen molar-refractivity contribution < 1.29 is 19.1 Å². The molecule has 0 radical (unpaired) electrons. The van der Waals surface area contributed by atoms with E-state index >= 15 is 0 Å². The first-order valence-corrected chi connectivity index (χ1v) is 10.1. The monoisotopic (exact) mass is 404 g/mol. The molecule has 6 nitrogen and oxygen atoms in total. The molecule has 2 heterocycles. The largest absolute Gasteiger partial charge is 0.492 e. The van der Waals surface area contributed by atoms with Gasteiger partial charge in [-0.25, -0.2) is 4.98 Å². The maximum Gasteiger partial charge on any atom is 0.303 e. The lowest BCUT2D eigenvalue weighted by molar-refractivity contribution is -0.137. The third-order valence-electron chi connectivity index (χ3n) is 5.07. The second kappa shape index (κ2) is 8.86. The van der Waals surface area contributed by atoms with Crippen LogP contribution in [0.15, 0.2) is 65.2 Å². The molecule has 30 heavy (non-hydrogen) atoms. The van der Waals surface area contributed by atoms with Crippen molar-refractivity contribution in [2.45, 2.75) is 32.7 Å². The lowest BCUT2D eigenvalue weighted by atomic mass is 10.2. The number of ether oxygens (including phenoxy) is 1. The second-order valence-electron chi connectivity index (χ2n) is 7.18. The minimum absolute atomic E-state index is 0.165. The van der Waals surface area contributed by atoms with Crippen molar-refractivity contribution in [1.29, 1.82) is 0 Å². The van der Waals surface area contributed by atoms with Crippen molar-refractivity contribution >= 4 is 16.9 Å². The highest BCUT2D eigenvalue weighted by Crippen LogP contribution is 2.27. The molecule has 0 aliphatic rings. The van der Waals surface area contributed by atoms with E-state index in [0.29, 0.717) is 31.9 Å². The Labute approximate surface area is 174 Å². The number of aryl methyl sites for hydroxylation is 2. The standard InChI is InChI=1S/C24H24N2O4/c1-17-20(25-24(30-17)18-7-3-2-4-8-18)13-16-29-22-10-5-9-21-19(22)12-15-26(21)14-6-11-23(27)28/h2-5,7-10,12,15H,6,11,13-14,16H2,1H3,(H,27,28). The summed E-state index contributed by atoms with van der Waals surface area (Å²) in [5.41, 5.74) is 2.90. The number of carbonyl (C=O) groups is 1. The summed E-state index contributed by atoms with van der Waals surface area (Å²) in [6.07, 6.45) is 3.39. The second-order valence-corrected chi connectivity index (χ2v) is 7.18. The highest BCUT2D eigenvalue weighted by Gasteiger charge is 2.12. The van der Waals surface area contributed by atoms with Crippen LogP contribution in [0, 0.1) is 6.92 Å². The summed E-state index contributed by atoms with van der Waals surface area (Å²) < 4.78 is 13.9. The van der Waals surface area contributed by atoms with Gasteiger partial charge in [0, 0.05) is 36.5 Å². The number of benzene rings is 2. The van der Waals surface area contributed by atoms with E-state index in [1.165, 1.54) is 0 Å². The lowest BCUT2D eigenvalue weighted by Gasteiger charge is -2.08. The molecule has 0 spiro atoms. The van der Waals surface area contributed by atoms with E-state index < -0.39 is 5.97 Å².